The molecule has 0 bridgehead atoms. The highest BCUT2D eigenvalue weighted by Crippen LogP contribution is 2.25. The summed E-state index contributed by atoms with van der Waals surface area (Å²) >= 11 is 0. The molecule has 3 heteroatoms. The van der Waals surface area contributed by atoms with E-state index in [1.165, 1.54) is 0 Å². The number of hydrogen-bond donors (Lipinski definition) is 0. The lowest BCUT2D eigenvalue weighted by Gasteiger charge is -2.20. The minimum Gasteiger partial charge on any atom is -0.491 e. The van der Waals surface area contributed by atoms with Gasteiger partial charge in [-0.05, 0) is 37.1 Å². The summed E-state index contributed by atoms with van der Waals surface area (Å²) in [6, 6.07) is 28.2. The summed E-state index contributed by atoms with van der Waals surface area (Å²) < 4.78 is 17.9. The van der Waals surface area contributed by atoms with Crippen molar-refractivity contribution in [1.82, 2.24) is 0 Å². The second kappa shape index (κ2) is 9.91. The summed E-state index contributed by atoms with van der Waals surface area (Å²) in [7, 11) is 0. The number of ether oxygens (including phenoxy) is 3. The molecule has 0 saturated carbocycles. The Kier molecular flexibility index (Phi) is 7.03. The van der Waals surface area contributed by atoms with E-state index in [-0.39, 0.29) is 6.10 Å². The van der Waals surface area contributed by atoms with E-state index in [9.17, 15) is 0 Å². The third-order valence-electron chi connectivity index (χ3n) is 4.01. The van der Waals surface area contributed by atoms with Crippen molar-refractivity contribution in [3.05, 3.63) is 102 Å². The largest absolute Gasteiger partial charge is 0.491 e. The van der Waals surface area contributed by atoms with E-state index < -0.39 is 6.29 Å². The summed E-state index contributed by atoms with van der Waals surface area (Å²) in [6.07, 6.45) is -0.297. The molecular weight excluding hydrogens is 336 g/mol. The van der Waals surface area contributed by atoms with Crippen LogP contribution >= 0.6 is 0 Å². The van der Waals surface area contributed by atoms with Gasteiger partial charge < -0.3 is 14.2 Å². The molecule has 0 amide bonds. The van der Waals surface area contributed by atoms with Gasteiger partial charge >= 0.3 is 0 Å². The van der Waals surface area contributed by atoms with Crippen molar-refractivity contribution in [3.8, 4) is 5.75 Å². The van der Waals surface area contributed by atoms with Crippen LogP contribution in [0.25, 0.3) is 0 Å². The van der Waals surface area contributed by atoms with Gasteiger partial charge in [0.05, 0.1) is 19.3 Å². The molecule has 3 aromatic carbocycles. The molecule has 140 valence electrons. The maximum Gasteiger partial charge on any atom is 0.184 e. The molecular formula is C24H26O3. The van der Waals surface area contributed by atoms with Crippen molar-refractivity contribution in [2.24, 2.45) is 0 Å². The Morgan fingerprint density at radius 2 is 1.11 bits per heavy atom. The first-order valence-electron chi connectivity index (χ1n) is 9.28. The average molecular weight is 362 g/mol. The lowest BCUT2D eigenvalue weighted by molar-refractivity contribution is -0.161. The zero-order valence-corrected chi connectivity index (χ0v) is 15.9. The Labute approximate surface area is 161 Å². The summed E-state index contributed by atoms with van der Waals surface area (Å²) in [4.78, 5) is 0. The Bertz CT molecular complexity index is 739. The predicted molar refractivity (Wildman–Crippen MR) is 107 cm³/mol. The van der Waals surface area contributed by atoms with Gasteiger partial charge in [0, 0.05) is 5.56 Å². The maximum absolute atomic E-state index is 6.09. The van der Waals surface area contributed by atoms with Crippen LogP contribution in [0.15, 0.2) is 84.9 Å². The molecule has 0 aliphatic carbocycles. The van der Waals surface area contributed by atoms with Gasteiger partial charge in [-0.15, -0.1) is 0 Å². The van der Waals surface area contributed by atoms with Crippen molar-refractivity contribution in [2.75, 3.05) is 0 Å². The number of rotatable bonds is 9. The molecule has 0 radical (unpaired) electrons. The van der Waals surface area contributed by atoms with Crippen LogP contribution in [0.5, 0.6) is 5.75 Å². The molecule has 3 rings (SSSR count). The predicted octanol–water partition coefficient (Wildman–Crippen LogP) is 5.91. The second-order valence-corrected chi connectivity index (χ2v) is 6.66. The molecule has 0 aliphatic rings. The lowest BCUT2D eigenvalue weighted by atomic mass is 10.2. The first-order chi connectivity index (χ1) is 13.2. The Morgan fingerprint density at radius 1 is 0.630 bits per heavy atom. The maximum atomic E-state index is 6.09. The SMILES string of the molecule is CC(C)Oc1ccc(C(OCc2ccccc2)OCc2ccccc2)cc1. The number of hydrogen-bond acceptors (Lipinski definition) is 3. The summed E-state index contributed by atoms with van der Waals surface area (Å²) in [5.41, 5.74) is 3.20. The van der Waals surface area contributed by atoms with E-state index in [0.29, 0.717) is 13.2 Å². The van der Waals surface area contributed by atoms with Crippen molar-refractivity contribution >= 4 is 0 Å². The first-order valence-corrected chi connectivity index (χ1v) is 9.28. The van der Waals surface area contributed by atoms with Crippen molar-refractivity contribution in [2.45, 2.75) is 39.5 Å². The lowest BCUT2D eigenvalue weighted by Crippen LogP contribution is -2.10. The fraction of sp³-hybridized carbons (Fsp3) is 0.250. The fourth-order valence-corrected chi connectivity index (χ4v) is 2.71. The van der Waals surface area contributed by atoms with Crippen LogP contribution in [-0.4, -0.2) is 6.10 Å². The van der Waals surface area contributed by atoms with E-state index in [2.05, 4.69) is 0 Å². The van der Waals surface area contributed by atoms with E-state index in [4.69, 9.17) is 14.2 Å². The van der Waals surface area contributed by atoms with Crippen molar-refractivity contribution < 1.29 is 14.2 Å². The van der Waals surface area contributed by atoms with Gasteiger partial charge in [-0.2, -0.15) is 0 Å². The Balaban J connectivity index is 1.69. The van der Waals surface area contributed by atoms with Crippen LogP contribution in [0.4, 0.5) is 0 Å². The molecule has 0 aromatic heterocycles. The number of benzene rings is 3. The third-order valence-corrected chi connectivity index (χ3v) is 4.01. The summed E-state index contributed by atoms with van der Waals surface area (Å²) in [5.74, 6) is 0.846. The first kappa shape index (κ1) is 19.2. The molecule has 3 nitrogen and oxygen atoms in total. The van der Waals surface area contributed by atoms with Gasteiger partial charge in [-0.25, -0.2) is 0 Å². The van der Waals surface area contributed by atoms with Crippen LogP contribution in [0.1, 0.15) is 36.8 Å². The smallest absolute Gasteiger partial charge is 0.184 e. The minimum absolute atomic E-state index is 0.148. The van der Waals surface area contributed by atoms with Gasteiger partial charge in [0.2, 0.25) is 0 Å². The van der Waals surface area contributed by atoms with Crippen LogP contribution in [0, 0.1) is 0 Å². The van der Waals surface area contributed by atoms with Crippen LogP contribution in [0.2, 0.25) is 0 Å². The summed E-state index contributed by atoms with van der Waals surface area (Å²) in [5, 5.41) is 0. The summed E-state index contributed by atoms with van der Waals surface area (Å²) in [6.45, 7) is 5.01. The zero-order valence-electron chi connectivity index (χ0n) is 15.9. The highest BCUT2D eigenvalue weighted by Gasteiger charge is 2.14. The van der Waals surface area contributed by atoms with E-state index >= 15 is 0 Å². The van der Waals surface area contributed by atoms with Gasteiger partial charge in [-0.1, -0.05) is 72.8 Å². The molecule has 0 N–H and O–H groups in total. The zero-order chi connectivity index (χ0) is 18.9. The quantitative estimate of drug-likeness (QED) is 0.443. The van der Waals surface area contributed by atoms with Crippen molar-refractivity contribution in [3.63, 3.8) is 0 Å². The Hall–Kier alpha value is -2.62. The van der Waals surface area contributed by atoms with Crippen LogP contribution < -0.4 is 4.74 Å². The second-order valence-electron chi connectivity index (χ2n) is 6.66. The molecule has 0 saturated heterocycles. The van der Waals surface area contributed by atoms with Gasteiger partial charge in [-0.3, -0.25) is 0 Å². The van der Waals surface area contributed by atoms with Gasteiger partial charge in [0.1, 0.15) is 5.75 Å². The van der Waals surface area contributed by atoms with Crippen molar-refractivity contribution in [1.29, 1.82) is 0 Å². The molecule has 3 aromatic rings. The van der Waals surface area contributed by atoms with E-state index in [1.54, 1.807) is 0 Å². The normalized spacial score (nSPS) is 11.1. The average Bonchev–Trinajstić information content (AvgIpc) is 2.70. The Morgan fingerprint density at radius 3 is 1.56 bits per heavy atom. The highest BCUT2D eigenvalue weighted by atomic mass is 16.7. The molecule has 0 unspecified atom stereocenters. The molecule has 0 spiro atoms. The van der Waals surface area contributed by atoms with E-state index in [1.807, 2.05) is 98.8 Å². The molecule has 0 fully saturated rings. The fourth-order valence-electron chi connectivity index (χ4n) is 2.71. The molecule has 27 heavy (non-hydrogen) atoms. The van der Waals surface area contributed by atoms with Gasteiger partial charge in [0.25, 0.3) is 0 Å². The van der Waals surface area contributed by atoms with Crippen LogP contribution in [-0.2, 0) is 22.7 Å². The molecule has 0 atom stereocenters. The highest BCUT2D eigenvalue weighted by molar-refractivity contribution is 5.28. The minimum atomic E-state index is -0.446. The van der Waals surface area contributed by atoms with E-state index in [0.717, 1.165) is 22.4 Å². The topological polar surface area (TPSA) is 27.7 Å². The van der Waals surface area contributed by atoms with Gasteiger partial charge in [0.15, 0.2) is 6.29 Å². The molecule has 0 heterocycles. The molecule has 0 aliphatic heterocycles. The third kappa shape index (κ3) is 6.24. The van der Waals surface area contributed by atoms with Crippen LogP contribution in [0.3, 0.4) is 0 Å². The monoisotopic (exact) mass is 362 g/mol. The standard InChI is InChI=1S/C24H26O3/c1-19(2)27-23-15-13-22(14-16-23)24(25-17-20-9-5-3-6-10-20)26-18-21-11-7-4-8-12-21/h3-16,19,24H,17-18H2,1-2H3.